The van der Waals surface area contributed by atoms with Crippen LogP contribution in [-0.4, -0.2) is 30.1 Å². The molecule has 2 heteroatoms. The minimum atomic E-state index is 0.320. The van der Waals surface area contributed by atoms with Crippen LogP contribution < -0.4 is 5.73 Å². The highest BCUT2D eigenvalue weighted by atomic mass is 15.2. The summed E-state index contributed by atoms with van der Waals surface area (Å²) in [5.41, 5.74) is 6.91. The summed E-state index contributed by atoms with van der Waals surface area (Å²) in [7, 11) is 0. The van der Waals surface area contributed by atoms with E-state index in [1.807, 2.05) is 0 Å². The van der Waals surface area contributed by atoms with E-state index in [4.69, 9.17) is 5.73 Å². The number of hydrogen-bond donors (Lipinski definition) is 1. The number of nitrogens with zero attached hydrogens (tertiary/aromatic N) is 1. The van der Waals surface area contributed by atoms with Crippen molar-refractivity contribution in [2.24, 2.45) is 23.0 Å². The fourth-order valence-corrected chi connectivity index (χ4v) is 3.96. The van der Waals surface area contributed by atoms with Gasteiger partial charge in [0.15, 0.2) is 0 Å². The number of hydrogen-bond acceptors (Lipinski definition) is 2. The zero-order valence-corrected chi connectivity index (χ0v) is 14.8. The molecule has 0 bridgehead atoms. The van der Waals surface area contributed by atoms with Gasteiger partial charge in [0, 0.05) is 25.2 Å². The van der Waals surface area contributed by atoms with Crippen LogP contribution >= 0.6 is 0 Å². The van der Waals surface area contributed by atoms with E-state index >= 15 is 0 Å². The Kier molecular flexibility index (Phi) is 7.00. The van der Waals surface area contributed by atoms with E-state index in [0.717, 1.165) is 12.0 Å². The summed E-state index contributed by atoms with van der Waals surface area (Å²) < 4.78 is 0. The fourth-order valence-electron chi connectivity index (χ4n) is 3.96. The molecule has 0 aromatic heterocycles. The van der Waals surface area contributed by atoms with Crippen molar-refractivity contribution >= 4 is 0 Å². The summed E-state index contributed by atoms with van der Waals surface area (Å²) in [4.78, 5) is 2.73. The van der Waals surface area contributed by atoms with Gasteiger partial charge in [-0.25, -0.2) is 0 Å². The molecule has 120 valence electrons. The minimum Gasteiger partial charge on any atom is -0.327 e. The van der Waals surface area contributed by atoms with Gasteiger partial charge in [0.2, 0.25) is 0 Å². The molecule has 2 atom stereocenters. The third kappa shape index (κ3) is 4.73. The second-order valence-corrected chi connectivity index (χ2v) is 7.98. The smallest absolute Gasteiger partial charge is 0.0131 e. The highest BCUT2D eigenvalue weighted by Gasteiger charge is 2.37. The summed E-state index contributed by atoms with van der Waals surface area (Å²) in [6.07, 6.45) is 6.48. The van der Waals surface area contributed by atoms with Crippen molar-refractivity contribution in [1.29, 1.82) is 0 Å². The predicted molar refractivity (Wildman–Crippen MR) is 89.9 cm³/mol. The average Bonchev–Trinajstić information content (AvgIpc) is 2.35. The van der Waals surface area contributed by atoms with E-state index in [1.54, 1.807) is 0 Å². The van der Waals surface area contributed by atoms with Gasteiger partial charge in [0.25, 0.3) is 0 Å². The molecule has 1 aliphatic rings. The molecule has 2 unspecified atom stereocenters. The molecule has 20 heavy (non-hydrogen) atoms. The van der Waals surface area contributed by atoms with Crippen LogP contribution in [-0.2, 0) is 0 Å². The van der Waals surface area contributed by atoms with Gasteiger partial charge in [-0.2, -0.15) is 0 Å². The molecule has 0 spiro atoms. The lowest BCUT2D eigenvalue weighted by Crippen LogP contribution is -2.52. The van der Waals surface area contributed by atoms with Crippen molar-refractivity contribution in [1.82, 2.24) is 4.90 Å². The first kappa shape index (κ1) is 18.0. The second kappa shape index (κ2) is 7.79. The molecular weight excluding hydrogens is 244 g/mol. The Hall–Kier alpha value is -0.0800. The highest BCUT2D eigenvalue weighted by molar-refractivity contribution is 4.93. The third-order valence-corrected chi connectivity index (χ3v) is 5.33. The van der Waals surface area contributed by atoms with E-state index in [-0.39, 0.29) is 0 Å². The normalized spacial score (nSPS) is 26.7. The summed E-state index contributed by atoms with van der Waals surface area (Å²) in [5, 5.41) is 0. The van der Waals surface area contributed by atoms with Gasteiger partial charge < -0.3 is 5.73 Å². The zero-order chi connectivity index (χ0) is 15.3. The van der Waals surface area contributed by atoms with Gasteiger partial charge in [-0.1, -0.05) is 48.0 Å². The molecule has 0 amide bonds. The summed E-state index contributed by atoms with van der Waals surface area (Å²) in [6, 6.07) is 1.09. The van der Waals surface area contributed by atoms with E-state index in [0.29, 0.717) is 17.4 Å². The standard InChI is InChI=1S/C18H38N2/c1-7-16(8-2)20(12-14(3)4)13-15-10-9-11-18(5,6)17(15)19/h14-17H,7-13,19H2,1-6H3. The Morgan fingerprint density at radius 1 is 1.20 bits per heavy atom. The zero-order valence-electron chi connectivity index (χ0n) is 14.8. The van der Waals surface area contributed by atoms with Crippen molar-refractivity contribution < 1.29 is 0 Å². The topological polar surface area (TPSA) is 29.3 Å². The quantitative estimate of drug-likeness (QED) is 0.755. The van der Waals surface area contributed by atoms with Crippen LogP contribution in [0.2, 0.25) is 0 Å². The lowest BCUT2D eigenvalue weighted by Gasteiger charge is -2.45. The van der Waals surface area contributed by atoms with Crippen LogP contribution in [0.1, 0.15) is 73.6 Å². The van der Waals surface area contributed by atoms with Gasteiger partial charge >= 0.3 is 0 Å². The van der Waals surface area contributed by atoms with Crippen molar-refractivity contribution in [2.45, 2.75) is 85.7 Å². The summed E-state index contributed by atoms with van der Waals surface area (Å²) in [6.45, 7) is 16.4. The second-order valence-electron chi connectivity index (χ2n) is 7.98. The molecule has 2 N–H and O–H groups in total. The average molecular weight is 283 g/mol. The van der Waals surface area contributed by atoms with Crippen LogP contribution in [0.5, 0.6) is 0 Å². The van der Waals surface area contributed by atoms with E-state index < -0.39 is 0 Å². The molecule has 0 saturated heterocycles. The SMILES string of the molecule is CCC(CC)N(CC(C)C)CC1CCCC(C)(C)C1N. The Labute approximate surface area is 127 Å². The molecule has 1 fully saturated rings. The molecule has 1 rings (SSSR count). The molecule has 0 heterocycles. The monoisotopic (exact) mass is 282 g/mol. The van der Waals surface area contributed by atoms with Crippen molar-refractivity contribution in [3.63, 3.8) is 0 Å². The minimum absolute atomic E-state index is 0.320. The Balaban J connectivity index is 2.72. The van der Waals surface area contributed by atoms with Crippen LogP contribution in [0, 0.1) is 17.3 Å². The molecule has 0 aliphatic heterocycles. The first-order chi connectivity index (χ1) is 9.31. The van der Waals surface area contributed by atoms with Crippen molar-refractivity contribution in [3.8, 4) is 0 Å². The molecule has 0 aromatic rings. The van der Waals surface area contributed by atoms with Crippen LogP contribution in [0.3, 0.4) is 0 Å². The summed E-state index contributed by atoms with van der Waals surface area (Å²) >= 11 is 0. The van der Waals surface area contributed by atoms with Crippen LogP contribution in [0.25, 0.3) is 0 Å². The lowest BCUT2D eigenvalue weighted by molar-refractivity contribution is 0.0742. The lowest BCUT2D eigenvalue weighted by atomic mass is 9.68. The van der Waals surface area contributed by atoms with Crippen LogP contribution in [0.4, 0.5) is 0 Å². The molecule has 2 nitrogen and oxygen atoms in total. The van der Waals surface area contributed by atoms with Gasteiger partial charge in [-0.3, -0.25) is 4.90 Å². The van der Waals surface area contributed by atoms with Crippen LogP contribution in [0.15, 0.2) is 0 Å². The summed E-state index contributed by atoms with van der Waals surface area (Å²) in [5.74, 6) is 1.42. The molecular formula is C18H38N2. The van der Waals surface area contributed by atoms with Gasteiger partial charge in [0.05, 0.1) is 0 Å². The first-order valence-corrected chi connectivity index (χ1v) is 8.81. The Morgan fingerprint density at radius 3 is 2.30 bits per heavy atom. The van der Waals surface area contributed by atoms with Gasteiger partial charge in [-0.05, 0) is 42.9 Å². The largest absolute Gasteiger partial charge is 0.327 e. The first-order valence-electron chi connectivity index (χ1n) is 8.81. The third-order valence-electron chi connectivity index (χ3n) is 5.33. The predicted octanol–water partition coefficient (Wildman–Crippen LogP) is 4.29. The van der Waals surface area contributed by atoms with Crippen molar-refractivity contribution in [2.75, 3.05) is 13.1 Å². The maximum atomic E-state index is 6.59. The van der Waals surface area contributed by atoms with E-state index in [9.17, 15) is 0 Å². The molecule has 1 aliphatic carbocycles. The molecule has 1 saturated carbocycles. The Bertz CT molecular complexity index is 269. The fraction of sp³-hybridized carbons (Fsp3) is 1.00. The van der Waals surface area contributed by atoms with E-state index in [1.165, 1.54) is 45.2 Å². The van der Waals surface area contributed by atoms with Crippen molar-refractivity contribution in [3.05, 3.63) is 0 Å². The maximum absolute atomic E-state index is 6.59. The van der Waals surface area contributed by atoms with E-state index in [2.05, 4.69) is 46.4 Å². The number of nitrogens with two attached hydrogens (primary N) is 1. The Morgan fingerprint density at radius 2 is 1.80 bits per heavy atom. The van der Waals surface area contributed by atoms with Gasteiger partial charge in [0.1, 0.15) is 0 Å². The highest BCUT2D eigenvalue weighted by Crippen LogP contribution is 2.38. The van der Waals surface area contributed by atoms with Gasteiger partial charge in [-0.15, -0.1) is 0 Å². The molecule has 0 radical (unpaired) electrons. The number of rotatable bonds is 7. The molecule has 0 aromatic carbocycles. The maximum Gasteiger partial charge on any atom is 0.0131 e.